The van der Waals surface area contributed by atoms with Crippen molar-refractivity contribution in [3.05, 3.63) is 45.7 Å². The number of halogens is 3. The first-order valence-electron chi connectivity index (χ1n) is 5.20. The molecular formula is C11H9F3N2O3. The lowest BCUT2D eigenvalue weighted by Gasteiger charge is -2.10. The van der Waals surface area contributed by atoms with Crippen molar-refractivity contribution in [2.45, 2.75) is 19.6 Å². The normalized spacial score (nSPS) is 11.8. The van der Waals surface area contributed by atoms with Crippen LogP contribution in [0.15, 0.2) is 27.5 Å². The zero-order valence-corrected chi connectivity index (χ0v) is 9.73. The Kier molecular flexibility index (Phi) is 3.09. The lowest BCUT2D eigenvalue weighted by atomic mass is 10.1. The third-order valence-corrected chi connectivity index (χ3v) is 2.51. The molecule has 5 nitrogen and oxygen atoms in total. The minimum atomic E-state index is -4.57. The SMILES string of the molecule is Cc1noc(=O)n1Cc1cc(O)cc(C(F)(F)F)c1. The highest BCUT2D eigenvalue weighted by molar-refractivity contribution is 5.35. The van der Waals surface area contributed by atoms with Gasteiger partial charge < -0.3 is 5.11 Å². The highest BCUT2D eigenvalue weighted by Crippen LogP contribution is 2.32. The minimum Gasteiger partial charge on any atom is -0.508 e. The molecule has 1 aromatic heterocycles. The van der Waals surface area contributed by atoms with Gasteiger partial charge in [0.25, 0.3) is 0 Å². The highest BCUT2D eigenvalue weighted by Gasteiger charge is 2.31. The average Bonchev–Trinajstić information content (AvgIpc) is 2.59. The molecule has 0 aliphatic heterocycles. The van der Waals surface area contributed by atoms with Crippen LogP contribution in [0.3, 0.4) is 0 Å². The van der Waals surface area contributed by atoms with E-state index in [2.05, 4.69) is 9.68 Å². The van der Waals surface area contributed by atoms with E-state index in [1.165, 1.54) is 6.92 Å². The summed E-state index contributed by atoms with van der Waals surface area (Å²) in [6, 6.07) is 2.62. The predicted octanol–water partition coefficient (Wildman–Crippen LogP) is 1.92. The summed E-state index contributed by atoms with van der Waals surface area (Å²) in [6.07, 6.45) is -4.57. The van der Waals surface area contributed by atoms with Crippen LogP contribution in [0.5, 0.6) is 5.75 Å². The van der Waals surface area contributed by atoms with Crippen molar-refractivity contribution in [3.63, 3.8) is 0 Å². The van der Waals surface area contributed by atoms with Crippen LogP contribution in [-0.2, 0) is 12.7 Å². The first-order chi connectivity index (χ1) is 8.77. The van der Waals surface area contributed by atoms with Gasteiger partial charge in [0.1, 0.15) is 5.75 Å². The number of hydrogen-bond donors (Lipinski definition) is 1. The number of phenols is 1. The zero-order chi connectivity index (χ0) is 14.2. The van der Waals surface area contributed by atoms with Crippen molar-refractivity contribution in [2.75, 3.05) is 0 Å². The third-order valence-electron chi connectivity index (χ3n) is 2.51. The van der Waals surface area contributed by atoms with E-state index in [9.17, 15) is 23.1 Å². The smallest absolute Gasteiger partial charge is 0.441 e. The Balaban J connectivity index is 2.42. The molecule has 0 unspecified atom stereocenters. The first kappa shape index (κ1) is 13.2. The van der Waals surface area contributed by atoms with Crippen LogP contribution in [0.25, 0.3) is 0 Å². The second-order valence-electron chi connectivity index (χ2n) is 3.97. The molecular weight excluding hydrogens is 265 g/mol. The van der Waals surface area contributed by atoms with Gasteiger partial charge in [0.15, 0.2) is 5.82 Å². The Labute approximate surface area is 104 Å². The van der Waals surface area contributed by atoms with Crippen LogP contribution in [0.1, 0.15) is 17.0 Å². The summed E-state index contributed by atoms with van der Waals surface area (Å²) in [6.45, 7) is 1.32. The molecule has 1 aromatic carbocycles. The molecule has 1 N–H and O–H groups in total. The van der Waals surface area contributed by atoms with Gasteiger partial charge in [-0.15, -0.1) is 0 Å². The van der Waals surface area contributed by atoms with Crippen LogP contribution < -0.4 is 5.76 Å². The number of benzene rings is 1. The largest absolute Gasteiger partial charge is 0.508 e. The van der Waals surface area contributed by atoms with Crippen molar-refractivity contribution in [1.82, 2.24) is 9.72 Å². The number of aromatic nitrogens is 2. The maximum atomic E-state index is 12.6. The lowest BCUT2D eigenvalue weighted by Crippen LogP contribution is -2.17. The van der Waals surface area contributed by atoms with E-state index >= 15 is 0 Å². The first-order valence-corrected chi connectivity index (χ1v) is 5.20. The molecule has 0 bridgehead atoms. The van der Waals surface area contributed by atoms with Gasteiger partial charge >= 0.3 is 11.9 Å². The molecule has 1 heterocycles. The zero-order valence-electron chi connectivity index (χ0n) is 9.73. The number of phenolic OH excluding ortho intramolecular Hbond substituents is 1. The molecule has 0 spiro atoms. The second-order valence-corrected chi connectivity index (χ2v) is 3.97. The molecule has 19 heavy (non-hydrogen) atoms. The molecule has 0 atom stereocenters. The Hall–Kier alpha value is -2.25. The molecule has 0 fully saturated rings. The third kappa shape index (κ3) is 2.78. The lowest BCUT2D eigenvalue weighted by molar-refractivity contribution is -0.137. The Morgan fingerprint density at radius 1 is 1.37 bits per heavy atom. The van der Waals surface area contributed by atoms with Crippen molar-refractivity contribution in [2.24, 2.45) is 0 Å². The number of alkyl halides is 3. The summed E-state index contributed by atoms with van der Waals surface area (Å²) < 4.78 is 43.2. The molecule has 0 aliphatic carbocycles. The van der Waals surface area contributed by atoms with Crippen molar-refractivity contribution in [3.8, 4) is 5.75 Å². The molecule has 0 radical (unpaired) electrons. The van der Waals surface area contributed by atoms with Crippen LogP contribution in [-0.4, -0.2) is 14.8 Å². The van der Waals surface area contributed by atoms with E-state index in [0.29, 0.717) is 6.07 Å². The van der Waals surface area contributed by atoms with E-state index < -0.39 is 23.2 Å². The van der Waals surface area contributed by atoms with E-state index in [1.54, 1.807) is 0 Å². The van der Waals surface area contributed by atoms with Crippen LogP contribution >= 0.6 is 0 Å². The topological polar surface area (TPSA) is 68.3 Å². The number of rotatable bonds is 2. The number of aromatic hydroxyl groups is 1. The van der Waals surface area contributed by atoms with Crippen molar-refractivity contribution >= 4 is 0 Å². The predicted molar refractivity (Wildman–Crippen MR) is 57.7 cm³/mol. The fourth-order valence-corrected chi connectivity index (χ4v) is 1.63. The van der Waals surface area contributed by atoms with Crippen LogP contribution in [0, 0.1) is 6.92 Å². The Bertz CT molecular complexity index is 658. The molecule has 0 amide bonds. The van der Waals surface area contributed by atoms with Gasteiger partial charge in [0.05, 0.1) is 12.1 Å². The van der Waals surface area contributed by atoms with Gasteiger partial charge in [-0.1, -0.05) is 5.16 Å². The molecule has 0 aliphatic rings. The molecule has 0 saturated heterocycles. The molecule has 0 saturated carbocycles. The van der Waals surface area contributed by atoms with Crippen molar-refractivity contribution in [1.29, 1.82) is 0 Å². The Morgan fingerprint density at radius 2 is 2.05 bits per heavy atom. The van der Waals surface area contributed by atoms with E-state index in [1.807, 2.05) is 0 Å². The highest BCUT2D eigenvalue weighted by atomic mass is 19.4. The molecule has 8 heteroatoms. The Morgan fingerprint density at radius 3 is 2.58 bits per heavy atom. The summed E-state index contributed by atoms with van der Waals surface area (Å²) >= 11 is 0. The van der Waals surface area contributed by atoms with Gasteiger partial charge in [0, 0.05) is 0 Å². The minimum absolute atomic E-state index is 0.126. The van der Waals surface area contributed by atoms with Gasteiger partial charge in [-0.3, -0.25) is 9.09 Å². The monoisotopic (exact) mass is 274 g/mol. The average molecular weight is 274 g/mol. The van der Waals surface area contributed by atoms with E-state index in [-0.39, 0.29) is 17.9 Å². The summed E-state index contributed by atoms with van der Waals surface area (Å²) in [4.78, 5) is 11.3. The van der Waals surface area contributed by atoms with Crippen LogP contribution in [0.4, 0.5) is 13.2 Å². The number of hydrogen-bond acceptors (Lipinski definition) is 4. The molecule has 2 aromatic rings. The fraction of sp³-hybridized carbons (Fsp3) is 0.273. The second kappa shape index (κ2) is 4.45. The quantitative estimate of drug-likeness (QED) is 0.908. The van der Waals surface area contributed by atoms with Gasteiger partial charge in [-0.05, 0) is 30.7 Å². The fourth-order valence-electron chi connectivity index (χ4n) is 1.63. The van der Waals surface area contributed by atoms with Crippen molar-refractivity contribution < 1.29 is 22.8 Å². The number of nitrogens with zero attached hydrogens (tertiary/aromatic N) is 2. The summed E-state index contributed by atoms with van der Waals surface area (Å²) in [7, 11) is 0. The van der Waals surface area contributed by atoms with E-state index in [4.69, 9.17) is 0 Å². The summed E-state index contributed by atoms with van der Waals surface area (Å²) in [5.74, 6) is -1.05. The number of aryl methyl sites for hydroxylation is 1. The summed E-state index contributed by atoms with van der Waals surface area (Å²) in [5.41, 5.74) is -0.856. The standard InChI is InChI=1S/C11H9F3N2O3/c1-6-15-19-10(18)16(6)5-7-2-8(11(12,13)14)4-9(17)3-7/h2-4,17H,5H2,1H3. The van der Waals surface area contributed by atoms with Gasteiger partial charge in [0.2, 0.25) is 0 Å². The van der Waals surface area contributed by atoms with E-state index in [0.717, 1.165) is 16.7 Å². The molecule has 2 rings (SSSR count). The maximum absolute atomic E-state index is 12.6. The van der Waals surface area contributed by atoms with Gasteiger partial charge in [-0.25, -0.2) is 4.79 Å². The summed E-state index contributed by atoms with van der Waals surface area (Å²) in [5, 5.41) is 12.7. The maximum Gasteiger partial charge on any atom is 0.441 e. The molecule has 102 valence electrons. The van der Waals surface area contributed by atoms with Crippen LogP contribution in [0.2, 0.25) is 0 Å². The van der Waals surface area contributed by atoms with Gasteiger partial charge in [-0.2, -0.15) is 13.2 Å².